The molecule has 0 amide bonds. The minimum atomic E-state index is -0.487. The molecule has 0 saturated heterocycles. The van der Waals surface area contributed by atoms with E-state index < -0.39 is 5.54 Å². The summed E-state index contributed by atoms with van der Waals surface area (Å²) in [6.45, 7) is 14.1. The van der Waals surface area contributed by atoms with Crippen LogP contribution in [0.2, 0.25) is 0 Å². The number of ketones is 1. The van der Waals surface area contributed by atoms with Crippen molar-refractivity contribution < 1.29 is 4.79 Å². The average Bonchev–Trinajstić information content (AvgIpc) is 2.80. The molecule has 1 aromatic heterocycles. The van der Waals surface area contributed by atoms with E-state index in [0.29, 0.717) is 5.69 Å². The molecule has 1 atom stereocenters. The quantitative estimate of drug-likeness (QED) is 0.704. The summed E-state index contributed by atoms with van der Waals surface area (Å²) in [7, 11) is 0. The fraction of sp³-hybridized carbons (Fsp3) is 0.733. The molecule has 1 heterocycles. The van der Waals surface area contributed by atoms with Crippen LogP contribution >= 0.6 is 15.9 Å². The molecule has 0 aliphatic heterocycles. The van der Waals surface area contributed by atoms with Gasteiger partial charge in [-0.25, -0.2) is 0 Å². The monoisotopic (exact) mass is 343 g/mol. The molecule has 0 fully saturated rings. The van der Waals surface area contributed by atoms with Crippen molar-refractivity contribution in [1.82, 2.24) is 14.7 Å². The van der Waals surface area contributed by atoms with Crippen LogP contribution in [-0.2, 0) is 0 Å². The van der Waals surface area contributed by atoms with E-state index in [4.69, 9.17) is 0 Å². The van der Waals surface area contributed by atoms with E-state index in [2.05, 4.69) is 46.7 Å². The highest BCUT2D eigenvalue weighted by molar-refractivity contribution is 9.10. The Morgan fingerprint density at radius 2 is 1.95 bits per heavy atom. The van der Waals surface area contributed by atoms with Gasteiger partial charge in [0, 0.05) is 6.04 Å². The molecular formula is C15H26BrN3O. The third-order valence-electron chi connectivity index (χ3n) is 4.09. The number of aromatic nitrogens is 2. The SMILES string of the molecule is CCN(CC)C(C)(CC)C(=O)c1c(Br)cnn1C(C)C. The van der Waals surface area contributed by atoms with Crippen molar-refractivity contribution in [2.45, 2.75) is 59.5 Å². The molecule has 5 heteroatoms. The van der Waals surface area contributed by atoms with E-state index in [1.54, 1.807) is 6.20 Å². The lowest BCUT2D eigenvalue weighted by molar-refractivity contribution is 0.0593. The summed E-state index contributed by atoms with van der Waals surface area (Å²) in [6, 6.07) is 0.165. The van der Waals surface area contributed by atoms with Gasteiger partial charge in [-0.3, -0.25) is 14.4 Å². The van der Waals surface area contributed by atoms with Crippen LogP contribution in [0.4, 0.5) is 0 Å². The number of Topliss-reactive ketones (excluding diaryl/α,β-unsaturated/α-hetero) is 1. The number of carbonyl (C=O) groups excluding carboxylic acids is 1. The first-order chi connectivity index (χ1) is 9.33. The minimum absolute atomic E-state index is 0.141. The summed E-state index contributed by atoms with van der Waals surface area (Å²) in [5.41, 5.74) is 0.190. The molecular weight excluding hydrogens is 318 g/mol. The highest BCUT2D eigenvalue weighted by Crippen LogP contribution is 2.29. The first-order valence-corrected chi connectivity index (χ1v) is 8.15. The van der Waals surface area contributed by atoms with E-state index in [9.17, 15) is 4.79 Å². The van der Waals surface area contributed by atoms with Crippen LogP contribution in [0.15, 0.2) is 10.7 Å². The van der Waals surface area contributed by atoms with E-state index in [1.165, 1.54) is 0 Å². The Labute approximate surface area is 130 Å². The first-order valence-electron chi connectivity index (χ1n) is 7.36. The summed E-state index contributed by atoms with van der Waals surface area (Å²) in [5.74, 6) is 0.141. The molecule has 0 spiro atoms. The standard InChI is InChI=1S/C15H26BrN3O/c1-7-15(6,18(8-2)9-3)14(20)13-12(16)10-17-19(13)11(4)5/h10-11H,7-9H2,1-6H3. The largest absolute Gasteiger partial charge is 0.291 e. The lowest BCUT2D eigenvalue weighted by Gasteiger charge is -2.38. The van der Waals surface area contributed by atoms with Crippen LogP contribution in [0.25, 0.3) is 0 Å². The fourth-order valence-electron chi connectivity index (χ4n) is 2.65. The van der Waals surface area contributed by atoms with Gasteiger partial charge in [-0.05, 0) is 56.2 Å². The Kier molecular flexibility index (Phi) is 5.95. The molecule has 1 aromatic rings. The van der Waals surface area contributed by atoms with Crippen molar-refractivity contribution in [3.63, 3.8) is 0 Å². The summed E-state index contributed by atoms with van der Waals surface area (Å²) < 4.78 is 2.59. The van der Waals surface area contributed by atoms with Crippen LogP contribution < -0.4 is 0 Å². The minimum Gasteiger partial charge on any atom is -0.291 e. The number of carbonyl (C=O) groups is 1. The summed E-state index contributed by atoms with van der Waals surface area (Å²) in [5, 5.41) is 4.33. The number of hydrogen-bond donors (Lipinski definition) is 0. The van der Waals surface area contributed by atoms with Crippen LogP contribution in [0, 0.1) is 0 Å². The summed E-state index contributed by atoms with van der Waals surface area (Å²) >= 11 is 3.48. The number of rotatable bonds is 7. The average molecular weight is 344 g/mol. The zero-order valence-corrected chi connectivity index (χ0v) is 15.0. The predicted octanol–water partition coefficient (Wildman–Crippen LogP) is 3.92. The van der Waals surface area contributed by atoms with Crippen LogP contribution in [0.1, 0.15) is 64.5 Å². The second-order valence-electron chi connectivity index (χ2n) is 5.51. The number of likely N-dealkylation sites (N-methyl/N-ethyl adjacent to an activating group) is 1. The molecule has 0 radical (unpaired) electrons. The molecule has 0 N–H and O–H groups in total. The second-order valence-corrected chi connectivity index (χ2v) is 6.36. The van der Waals surface area contributed by atoms with Crippen molar-refractivity contribution in [3.8, 4) is 0 Å². The number of halogens is 1. The van der Waals surface area contributed by atoms with Crippen molar-refractivity contribution in [2.24, 2.45) is 0 Å². The third-order valence-corrected chi connectivity index (χ3v) is 4.67. The number of hydrogen-bond acceptors (Lipinski definition) is 3. The van der Waals surface area contributed by atoms with Gasteiger partial charge < -0.3 is 0 Å². The van der Waals surface area contributed by atoms with Gasteiger partial charge >= 0.3 is 0 Å². The molecule has 4 nitrogen and oxygen atoms in total. The molecule has 0 saturated carbocycles. The van der Waals surface area contributed by atoms with Gasteiger partial charge in [0.2, 0.25) is 5.78 Å². The highest BCUT2D eigenvalue weighted by Gasteiger charge is 2.39. The summed E-state index contributed by atoms with van der Waals surface area (Å²) in [6.07, 6.45) is 2.49. The zero-order valence-electron chi connectivity index (χ0n) is 13.4. The molecule has 114 valence electrons. The Hall–Kier alpha value is -0.680. The molecule has 1 unspecified atom stereocenters. The van der Waals surface area contributed by atoms with Crippen molar-refractivity contribution in [3.05, 3.63) is 16.4 Å². The molecule has 0 aliphatic carbocycles. The van der Waals surface area contributed by atoms with Crippen molar-refractivity contribution >= 4 is 21.7 Å². The number of nitrogens with zero attached hydrogens (tertiary/aromatic N) is 3. The van der Waals surface area contributed by atoms with Crippen LogP contribution in [0.3, 0.4) is 0 Å². The van der Waals surface area contributed by atoms with Crippen LogP contribution in [-0.4, -0.2) is 39.1 Å². The first kappa shape index (κ1) is 17.4. The molecule has 0 aliphatic rings. The van der Waals surface area contributed by atoms with Gasteiger partial charge in [-0.1, -0.05) is 20.8 Å². The lowest BCUT2D eigenvalue weighted by atomic mass is 9.88. The van der Waals surface area contributed by atoms with Crippen LogP contribution in [0.5, 0.6) is 0 Å². The third kappa shape index (κ3) is 2.98. The maximum atomic E-state index is 13.1. The van der Waals surface area contributed by atoms with E-state index in [1.807, 2.05) is 25.5 Å². The van der Waals surface area contributed by atoms with Gasteiger partial charge in [-0.15, -0.1) is 0 Å². The Morgan fingerprint density at radius 1 is 1.40 bits per heavy atom. The second kappa shape index (κ2) is 6.85. The van der Waals surface area contributed by atoms with Gasteiger partial charge in [0.1, 0.15) is 5.69 Å². The smallest absolute Gasteiger partial charge is 0.201 e. The zero-order chi connectivity index (χ0) is 15.5. The van der Waals surface area contributed by atoms with Gasteiger partial charge in [0.15, 0.2) is 0 Å². The topological polar surface area (TPSA) is 38.1 Å². The lowest BCUT2D eigenvalue weighted by Crippen LogP contribution is -2.52. The molecule has 0 bridgehead atoms. The molecule has 1 rings (SSSR count). The maximum Gasteiger partial charge on any atom is 0.201 e. The normalized spacial score (nSPS) is 14.8. The predicted molar refractivity (Wildman–Crippen MR) is 86.3 cm³/mol. The Balaban J connectivity index is 3.31. The molecule has 0 aromatic carbocycles. The fourth-order valence-corrected chi connectivity index (χ4v) is 3.10. The Bertz CT molecular complexity index is 466. The van der Waals surface area contributed by atoms with Gasteiger partial charge in [0.25, 0.3) is 0 Å². The van der Waals surface area contributed by atoms with E-state index in [-0.39, 0.29) is 11.8 Å². The van der Waals surface area contributed by atoms with Gasteiger partial charge in [-0.2, -0.15) is 5.10 Å². The van der Waals surface area contributed by atoms with Gasteiger partial charge in [0.05, 0.1) is 16.2 Å². The van der Waals surface area contributed by atoms with Crippen molar-refractivity contribution in [2.75, 3.05) is 13.1 Å². The van der Waals surface area contributed by atoms with Crippen molar-refractivity contribution in [1.29, 1.82) is 0 Å². The van der Waals surface area contributed by atoms with E-state index in [0.717, 1.165) is 24.0 Å². The highest BCUT2D eigenvalue weighted by atomic mass is 79.9. The maximum absolute atomic E-state index is 13.1. The van der Waals surface area contributed by atoms with E-state index >= 15 is 0 Å². The molecule has 20 heavy (non-hydrogen) atoms. The Morgan fingerprint density at radius 3 is 2.35 bits per heavy atom. The summed E-state index contributed by atoms with van der Waals surface area (Å²) in [4.78, 5) is 15.4.